The standard InChI is InChI=1S/C9H18NO8P/c1-4(12)10-6-7(13)8(18-19(2,15)16)5(3-11)17-9(6)14/h5-9,11,13-14H,3H2,1-2H3,(H,10,12)(H,15,16). The van der Waals surface area contributed by atoms with Crippen LogP contribution >= 0.6 is 7.60 Å². The third-order valence-corrected chi connectivity index (χ3v) is 3.19. The van der Waals surface area contributed by atoms with Crippen molar-refractivity contribution in [1.82, 2.24) is 5.32 Å². The van der Waals surface area contributed by atoms with Crippen LogP contribution in [-0.2, 0) is 18.6 Å². The number of rotatable bonds is 4. The molecule has 6 unspecified atom stereocenters. The second kappa shape index (κ2) is 6.27. The van der Waals surface area contributed by atoms with Crippen LogP contribution in [0.15, 0.2) is 0 Å². The molecule has 0 bridgehead atoms. The third kappa shape index (κ3) is 4.50. The first-order valence-electron chi connectivity index (χ1n) is 5.54. The molecule has 1 fully saturated rings. The van der Waals surface area contributed by atoms with Gasteiger partial charge in [-0.2, -0.15) is 0 Å². The summed E-state index contributed by atoms with van der Waals surface area (Å²) in [6.45, 7) is 1.45. The maximum Gasteiger partial charge on any atom is 0.325 e. The summed E-state index contributed by atoms with van der Waals surface area (Å²) >= 11 is 0. The lowest BCUT2D eigenvalue weighted by Crippen LogP contribution is -2.64. The summed E-state index contributed by atoms with van der Waals surface area (Å²) in [5, 5.41) is 30.9. The van der Waals surface area contributed by atoms with Crippen LogP contribution in [0.2, 0.25) is 0 Å². The van der Waals surface area contributed by atoms with Crippen LogP contribution < -0.4 is 5.32 Å². The van der Waals surface area contributed by atoms with E-state index in [1.165, 1.54) is 6.92 Å². The highest BCUT2D eigenvalue weighted by Gasteiger charge is 2.47. The number of nitrogens with one attached hydrogen (secondary N) is 1. The van der Waals surface area contributed by atoms with E-state index in [1.807, 2.05) is 0 Å². The number of amides is 1. The van der Waals surface area contributed by atoms with Gasteiger partial charge in [0.2, 0.25) is 5.91 Å². The number of hydrogen-bond donors (Lipinski definition) is 5. The van der Waals surface area contributed by atoms with E-state index in [1.54, 1.807) is 0 Å². The van der Waals surface area contributed by atoms with Crippen molar-refractivity contribution in [2.24, 2.45) is 0 Å². The van der Waals surface area contributed by atoms with Gasteiger partial charge in [-0.15, -0.1) is 0 Å². The second-order valence-electron chi connectivity index (χ2n) is 4.34. The quantitative estimate of drug-likeness (QED) is 0.366. The molecule has 1 aliphatic heterocycles. The van der Waals surface area contributed by atoms with Gasteiger partial charge in [0.15, 0.2) is 6.29 Å². The number of aliphatic hydroxyl groups excluding tert-OH is 3. The lowest BCUT2D eigenvalue weighted by molar-refractivity contribution is -0.249. The van der Waals surface area contributed by atoms with E-state index in [4.69, 9.17) is 14.4 Å². The molecule has 9 nitrogen and oxygen atoms in total. The highest BCUT2D eigenvalue weighted by molar-refractivity contribution is 7.51. The Hall–Kier alpha value is -0.540. The molecule has 0 aromatic heterocycles. The van der Waals surface area contributed by atoms with Crippen molar-refractivity contribution in [3.8, 4) is 0 Å². The fourth-order valence-corrected chi connectivity index (χ4v) is 2.54. The van der Waals surface area contributed by atoms with E-state index in [2.05, 4.69) is 5.32 Å². The first-order valence-corrected chi connectivity index (χ1v) is 7.56. The number of aliphatic hydroxyl groups is 3. The monoisotopic (exact) mass is 299 g/mol. The van der Waals surface area contributed by atoms with Gasteiger partial charge in [-0.1, -0.05) is 0 Å². The van der Waals surface area contributed by atoms with E-state index in [9.17, 15) is 24.5 Å². The molecule has 0 spiro atoms. The van der Waals surface area contributed by atoms with Crippen molar-refractivity contribution < 1.29 is 38.8 Å². The summed E-state index contributed by atoms with van der Waals surface area (Å²) in [6.07, 6.45) is -5.61. The average molecular weight is 299 g/mol. The minimum absolute atomic E-state index is 0.531. The van der Waals surface area contributed by atoms with Gasteiger partial charge < -0.3 is 30.3 Å². The number of carbonyl (C=O) groups excluding carboxylic acids is 1. The molecular formula is C9H18NO8P. The van der Waals surface area contributed by atoms with E-state index >= 15 is 0 Å². The summed E-state index contributed by atoms with van der Waals surface area (Å²) in [7, 11) is -3.95. The zero-order chi connectivity index (χ0) is 14.8. The maximum absolute atomic E-state index is 11.2. The Morgan fingerprint density at radius 2 is 2.05 bits per heavy atom. The van der Waals surface area contributed by atoms with Crippen molar-refractivity contribution in [2.45, 2.75) is 37.6 Å². The van der Waals surface area contributed by atoms with Gasteiger partial charge in [-0.3, -0.25) is 13.9 Å². The van der Waals surface area contributed by atoms with Gasteiger partial charge in [-0.25, -0.2) is 0 Å². The maximum atomic E-state index is 11.2. The van der Waals surface area contributed by atoms with E-state index < -0.39 is 50.8 Å². The number of hydrogen-bond acceptors (Lipinski definition) is 7. The molecule has 1 rings (SSSR count). The molecule has 0 radical (unpaired) electrons. The molecule has 19 heavy (non-hydrogen) atoms. The van der Waals surface area contributed by atoms with Crippen LogP contribution in [0.3, 0.4) is 0 Å². The van der Waals surface area contributed by atoms with Crippen LogP contribution in [0.25, 0.3) is 0 Å². The Kier molecular flexibility index (Phi) is 5.45. The van der Waals surface area contributed by atoms with Crippen molar-refractivity contribution >= 4 is 13.5 Å². The topological polar surface area (TPSA) is 146 Å². The average Bonchev–Trinajstić information content (AvgIpc) is 2.26. The number of ether oxygens (including phenoxy) is 1. The fourth-order valence-electron chi connectivity index (χ4n) is 1.83. The first kappa shape index (κ1) is 16.5. The normalized spacial score (nSPS) is 38.5. The van der Waals surface area contributed by atoms with Gasteiger partial charge in [0, 0.05) is 13.6 Å². The Balaban J connectivity index is 2.91. The fraction of sp³-hybridized carbons (Fsp3) is 0.889. The lowest BCUT2D eigenvalue weighted by Gasteiger charge is -2.42. The van der Waals surface area contributed by atoms with Gasteiger partial charge in [0.25, 0.3) is 0 Å². The SMILES string of the molecule is CC(=O)NC1C(O)OC(CO)C(OP(C)(=O)O)C1O. The zero-order valence-corrected chi connectivity index (χ0v) is 11.4. The van der Waals surface area contributed by atoms with Crippen LogP contribution in [0.5, 0.6) is 0 Å². The van der Waals surface area contributed by atoms with E-state index in [-0.39, 0.29) is 0 Å². The van der Waals surface area contributed by atoms with Crippen molar-refractivity contribution in [3.05, 3.63) is 0 Å². The molecule has 1 heterocycles. The predicted octanol–water partition coefficient (Wildman–Crippen LogP) is -2.24. The van der Waals surface area contributed by atoms with Gasteiger partial charge in [0.1, 0.15) is 24.4 Å². The van der Waals surface area contributed by atoms with Gasteiger partial charge in [0.05, 0.1) is 6.61 Å². The molecule has 0 saturated carbocycles. The number of carbonyl (C=O) groups is 1. The van der Waals surface area contributed by atoms with E-state index in [0.29, 0.717) is 0 Å². The summed E-state index contributed by atoms with van der Waals surface area (Å²) in [4.78, 5) is 20.1. The van der Waals surface area contributed by atoms with Crippen LogP contribution in [0, 0.1) is 0 Å². The van der Waals surface area contributed by atoms with Crippen molar-refractivity contribution in [1.29, 1.82) is 0 Å². The molecule has 5 N–H and O–H groups in total. The van der Waals surface area contributed by atoms with Crippen LogP contribution in [0.4, 0.5) is 0 Å². The second-order valence-corrected chi connectivity index (χ2v) is 6.15. The molecule has 0 aliphatic carbocycles. The minimum atomic E-state index is -3.95. The molecule has 6 atom stereocenters. The Labute approximate surface area is 109 Å². The third-order valence-electron chi connectivity index (χ3n) is 2.56. The lowest BCUT2D eigenvalue weighted by atomic mass is 9.97. The zero-order valence-electron chi connectivity index (χ0n) is 10.5. The van der Waals surface area contributed by atoms with Gasteiger partial charge >= 0.3 is 7.60 Å². The largest absolute Gasteiger partial charge is 0.394 e. The Morgan fingerprint density at radius 3 is 2.47 bits per heavy atom. The highest BCUT2D eigenvalue weighted by atomic mass is 31.2. The summed E-state index contributed by atoms with van der Waals surface area (Å²) in [6, 6.07) is -1.23. The van der Waals surface area contributed by atoms with E-state index in [0.717, 1.165) is 6.66 Å². The summed E-state index contributed by atoms with van der Waals surface area (Å²) in [5.74, 6) is -0.531. The molecule has 10 heteroatoms. The molecule has 1 aliphatic rings. The smallest absolute Gasteiger partial charge is 0.325 e. The molecule has 1 saturated heterocycles. The van der Waals surface area contributed by atoms with Crippen molar-refractivity contribution in [3.63, 3.8) is 0 Å². The molecular weight excluding hydrogens is 281 g/mol. The van der Waals surface area contributed by atoms with Gasteiger partial charge in [-0.05, 0) is 0 Å². The molecule has 0 aromatic carbocycles. The predicted molar refractivity (Wildman–Crippen MR) is 62.2 cm³/mol. The summed E-state index contributed by atoms with van der Waals surface area (Å²) in [5.41, 5.74) is 0. The molecule has 0 aromatic rings. The molecule has 1 amide bonds. The highest BCUT2D eigenvalue weighted by Crippen LogP contribution is 2.41. The summed E-state index contributed by atoms with van der Waals surface area (Å²) < 4.78 is 21.0. The minimum Gasteiger partial charge on any atom is -0.394 e. The first-order chi connectivity index (χ1) is 8.65. The Bertz CT molecular complexity index is 371. The van der Waals surface area contributed by atoms with Crippen molar-refractivity contribution in [2.75, 3.05) is 13.3 Å². The Morgan fingerprint density at radius 1 is 1.47 bits per heavy atom. The van der Waals surface area contributed by atoms with Crippen LogP contribution in [-0.4, -0.2) is 70.0 Å². The van der Waals surface area contributed by atoms with Crippen LogP contribution in [0.1, 0.15) is 6.92 Å². The molecule has 112 valence electrons.